The van der Waals surface area contributed by atoms with Crippen molar-refractivity contribution in [1.29, 1.82) is 0 Å². The second kappa shape index (κ2) is 3.64. The number of imidazole rings is 1. The van der Waals surface area contributed by atoms with Crippen LogP contribution in [0.3, 0.4) is 0 Å². The maximum absolute atomic E-state index is 11.9. The number of hydrogen-bond acceptors (Lipinski definition) is 4. The molecule has 0 bridgehead atoms. The number of aromatic nitrogens is 5. The van der Waals surface area contributed by atoms with Crippen molar-refractivity contribution >= 4 is 5.91 Å². The molecule has 0 spiro atoms. The number of rotatable bonds is 2. The highest BCUT2D eigenvalue weighted by Gasteiger charge is 2.14. The molecule has 0 radical (unpaired) electrons. The van der Waals surface area contributed by atoms with E-state index in [0.717, 1.165) is 5.82 Å². The van der Waals surface area contributed by atoms with Crippen LogP contribution < -0.4 is 0 Å². The summed E-state index contributed by atoms with van der Waals surface area (Å²) in [5.74, 6) is 0.531. The molecule has 15 heavy (non-hydrogen) atoms. The van der Waals surface area contributed by atoms with Gasteiger partial charge in [-0.3, -0.25) is 14.0 Å². The van der Waals surface area contributed by atoms with Gasteiger partial charge in [-0.25, -0.2) is 4.98 Å². The summed E-state index contributed by atoms with van der Waals surface area (Å²) in [4.78, 5) is 16.0. The van der Waals surface area contributed by atoms with Crippen LogP contribution in [0.4, 0.5) is 0 Å². The van der Waals surface area contributed by atoms with Crippen LogP contribution in [0.25, 0.3) is 0 Å². The molecular formula is C9H11N5O. The van der Waals surface area contributed by atoms with E-state index in [4.69, 9.17) is 0 Å². The molecule has 2 aromatic rings. The average molecular weight is 205 g/mol. The van der Waals surface area contributed by atoms with Crippen molar-refractivity contribution < 1.29 is 4.79 Å². The minimum absolute atomic E-state index is 0.197. The lowest BCUT2D eigenvalue weighted by atomic mass is 10.4. The molecule has 0 aliphatic carbocycles. The van der Waals surface area contributed by atoms with Gasteiger partial charge in [-0.05, 0) is 0 Å². The zero-order chi connectivity index (χ0) is 10.8. The van der Waals surface area contributed by atoms with Gasteiger partial charge in [0.1, 0.15) is 5.82 Å². The number of aryl methyl sites for hydroxylation is 2. The van der Waals surface area contributed by atoms with E-state index in [0.29, 0.717) is 12.1 Å². The summed E-state index contributed by atoms with van der Waals surface area (Å²) in [6.07, 6.45) is 5.53. The monoisotopic (exact) mass is 205 g/mol. The second-order valence-corrected chi connectivity index (χ2v) is 3.15. The molecule has 0 atom stereocenters. The molecule has 0 unspecified atom stereocenters. The summed E-state index contributed by atoms with van der Waals surface area (Å²) in [5, 5.41) is 7.48. The van der Waals surface area contributed by atoms with Gasteiger partial charge in [0.25, 0.3) is 5.91 Å². The zero-order valence-electron chi connectivity index (χ0n) is 8.58. The predicted octanol–water partition coefficient (Wildman–Crippen LogP) is 0.262. The van der Waals surface area contributed by atoms with Crippen molar-refractivity contribution in [3.05, 3.63) is 30.1 Å². The Hall–Kier alpha value is -1.98. The summed E-state index contributed by atoms with van der Waals surface area (Å²) < 4.78 is 2.99. The molecule has 0 fully saturated rings. The number of nitrogens with zero attached hydrogens (tertiary/aromatic N) is 5. The molecule has 0 amide bonds. The van der Waals surface area contributed by atoms with E-state index < -0.39 is 0 Å². The van der Waals surface area contributed by atoms with Crippen LogP contribution in [0.2, 0.25) is 0 Å². The van der Waals surface area contributed by atoms with Gasteiger partial charge in [-0.15, -0.1) is 5.10 Å². The van der Waals surface area contributed by atoms with E-state index in [9.17, 15) is 4.79 Å². The molecule has 0 aromatic carbocycles. The van der Waals surface area contributed by atoms with Crippen LogP contribution in [-0.2, 0) is 13.5 Å². The van der Waals surface area contributed by atoms with Crippen molar-refractivity contribution in [3.8, 4) is 0 Å². The average Bonchev–Trinajstić information content (AvgIpc) is 2.84. The second-order valence-electron chi connectivity index (χ2n) is 3.15. The minimum Gasteiger partial charge on any atom is -0.268 e. The lowest BCUT2D eigenvalue weighted by Gasteiger charge is -2.00. The lowest BCUT2D eigenvalue weighted by molar-refractivity contribution is 0.0951. The van der Waals surface area contributed by atoms with Crippen molar-refractivity contribution in [2.45, 2.75) is 13.3 Å². The Balaban J connectivity index is 2.36. The largest absolute Gasteiger partial charge is 0.285 e. The van der Waals surface area contributed by atoms with Crippen LogP contribution in [-0.4, -0.2) is 30.5 Å². The Morgan fingerprint density at radius 3 is 2.93 bits per heavy atom. The van der Waals surface area contributed by atoms with Crippen LogP contribution in [0.15, 0.2) is 18.6 Å². The number of carbonyl (C=O) groups excluding carboxylic acids is 1. The molecule has 6 nitrogen and oxygen atoms in total. The maximum atomic E-state index is 11.9. The summed E-state index contributed by atoms with van der Waals surface area (Å²) >= 11 is 0. The SMILES string of the molecule is CCc1nccn1C(=O)c1cn(C)nn1. The molecule has 0 saturated carbocycles. The van der Waals surface area contributed by atoms with Crippen molar-refractivity contribution in [2.75, 3.05) is 0 Å². The Labute approximate surface area is 86.5 Å². The zero-order valence-corrected chi connectivity index (χ0v) is 8.58. The van der Waals surface area contributed by atoms with E-state index in [-0.39, 0.29) is 5.91 Å². The lowest BCUT2D eigenvalue weighted by Crippen LogP contribution is -2.14. The third-order valence-corrected chi connectivity index (χ3v) is 2.07. The standard InChI is InChI=1S/C9H11N5O/c1-3-8-10-4-5-14(8)9(15)7-6-13(2)12-11-7/h4-6H,3H2,1-2H3. The van der Waals surface area contributed by atoms with Crippen molar-refractivity contribution in [2.24, 2.45) is 7.05 Å². The molecule has 0 aliphatic rings. The van der Waals surface area contributed by atoms with E-state index in [1.165, 1.54) is 9.25 Å². The highest BCUT2D eigenvalue weighted by Crippen LogP contribution is 2.03. The Morgan fingerprint density at radius 1 is 1.53 bits per heavy atom. The number of hydrogen-bond donors (Lipinski definition) is 0. The molecule has 78 valence electrons. The normalized spacial score (nSPS) is 10.5. The maximum Gasteiger partial charge on any atom is 0.285 e. The predicted molar refractivity (Wildman–Crippen MR) is 52.3 cm³/mol. The molecule has 0 aliphatic heterocycles. The Morgan fingerprint density at radius 2 is 2.33 bits per heavy atom. The molecule has 2 aromatic heterocycles. The van der Waals surface area contributed by atoms with Gasteiger partial charge in [-0.1, -0.05) is 12.1 Å². The topological polar surface area (TPSA) is 65.6 Å². The fourth-order valence-corrected chi connectivity index (χ4v) is 1.35. The van der Waals surface area contributed by atoms with E-state index in [2.05, 4.69) is 15.3 Å². The Kier molecular flexibility index (Phi) is 2.32. The first-order valence-electron chi connectivity index (χ1n) is 4.65. The molecule has 2 rings (SSSR count). The first kappa shape index (κ1) is 9.57. The molecule has 6 heteroatoms. The van der Waals surface area contributed by atoms with Gasteiger partial charge in [0.05, 0.1) is 6.20 Å². The fourth-order valence-electron chi connectivity index (χ4n) is 1.35. The van der Waals surface area contributed by atoms with E-state index >= 15 is 0 Å². The summed E-state index contributed by atoms with van der Waals surface area (Å²) in [7, 11) is 1.72. The summed E-state index contributed by atoms with van der Waals surface area (Å²) in [5.41, 5.74) is 0.324. The smallest absolute Gasteiger partial charge is 0.268 e. The van der Waals surface area contributed by atoms with E-state index in [1.54, 1.807) is 25.6 Å². The van der Waals surface area contributed by atoms with Crippen molar-refractivity contribution in [3.63, 3.8) is 0 Å². The third-order valence-electron chi connectivity index (χ3n) is 2.07. The highest BCUT2D eigenvalue weighted by molar-refractivity contribution is 5.94. The highest BCUT2D eigenvalue weighted by atomic mass is 16.2. The van der Waals surface area contributed by atoms with Crippen LogP contribution >= 0.6 is 0 Å². The molecule has 0 N–H and O–H groups in total. The summed E-state index contributed by atoms with van der Waals surface area (Å²) in [6.45, 7) is 1.95. The number of carbonyl (C=O) groups is 1. The fraction of sp³-hybridized carbons (Fsp3) is 0.333. The first-order chi connectivity index (χ1) is 7.22. The van der Waals surface area contributed by atoms with Gasteiger partial charge in [0.2, 0.25) is 0 Å². The van der Waals surface area contributed by atoms with Gasteiger partial charge in [-0.2, -0.15) is 0 Å². The van der Waals surface area contributed by atoms with Gasteiger partial charge < -0.3 is 0 Å². The Bertz CT molecular complexity index is 484. The van der Waals surface area contributed by atoms with Gasteiger partial charge >= 0.3 is 0 Å². The van der Waals surface area contributed by atoms with Gasteiger partial charge in [0, 0.05) is 25.9 Å². The van der Waals surface area contributed by atoms with Crippen LogP contribution in [0.5, 0.6) is 0 Å². The van der Waals surface area contributed by atoms with E-state index in [1.807, 2.05) is 6.92 Å². The van der Waals surface area contributed by atoms with Crippen molar-refractivity contribution in [1.82, 2.24) is 24.5 Å². The van der Waals surface area contributed by atoms with Crippen LogP contribution in [0, 0.1) is 0 Å². The first-order valence-corrected chi connectivity index (χ1v) is 4.65. The van der Waals surface area contributed by atoms with Gasteiger partial charge in [0.15, 0.2) is 5.69 Å². The molecule has 0 saturated heterocycles. The minimum atomic E-state index is -0.197. The quantitative estimate of drug-likeness (QED) is 0.705. The molecule has 2 heterocycles. The molecular weight excluding hydrogens is 194 g/mol. The summed E-state index contributed by atoms with van der Waals surface area (Å²) in [6, 6.07) is 0. The van der Waals surface area contributed by atoms with Crippen LogP contribution in [0.1, 0.15) is 23.2 Å². The third kappa shape index (κ3) is 1.65.